The van der Waals surface area contributed by atoms with E-state index in [1.807, 2.05) is 19.2 Å². The van der Waals surface area contributed by atoms with Crippen LogP contribution in [0.4, 0.5) is 0 Å². The molecule has 1 aliphatic rings. The first kappa shape index (κ1) is 12.1. The highest BCUT2D eigenvalue weighted by Gasteiger charge is 2.18. The number of nitrogens with one attached hydrogen (secondary N) is 2. The molecule has 1 aliphatic heterocycles. The minimum atomic E-state index is -0.230. The molecule has 1 unspecified atom stereocenters. The summed E-state index contributed by atoms with van der Waals surface area (Å²) in [5.41, 5.74) is 0. The Morgan fingerprint density at radius 2 is 2.35 bits per heavy atom. The van der Waals surface area contributed by atoms with Crippen LogP contribution >= 0.6 is 0 Å². The van der Waals surface area contributed by atoms with Gasteiger partial charge in [-0.1, -0.05) is 0 Å². The molecule has 0 radical (unpaired) electrons. The Kier molecular flexibility index (Phi) is 4.14. The number of aromatic nitrogens is 2. The number of carbonyl (C=O) groups is 1. The van der Waals surface area contributed by atoms with Gasteiger partial charge in [-0.3, -0.25) is 9.48 Å². The zero-order valence-electron chi connectivity index (χ0n) is 10.2. The van der Waals surface area contributed by atoms with E-state index in [4.69, 9.17) is 0 Å². The number of hydrogen-bond acceptors (Lipinski definition) is 3. The van der Waals surface area contributed by atoms with Gasteiger partial charge < -0.3 is 10.6 Å². The maximum Gasteiger partial charge on any atom is 0.244 e. The molecule has 0 aromatic carbocycles. The number of hydrogen-bond donors (Lipinski definition) is 2. The van der Waals surface area contributed by atoms with E-state index in [2.05, 4.69) is 15.7 Å². The largest absolute Gasteiger partial charge is 0.354 e. The highest BCUT2D eigenvalue weighted by atomic mass is 16.2. The van der Waals surface area contributed by atoms with Crippen molar-refractivity contribution in [2.24, 2.45) is 5.92 Å². The van der Waals surface area contributed by atoms with Crippen LogP contribution in [0.25, 0.3) is 0 Å². The average Bonchev–Trinajstić information content (AvgIpc) is 2.90. The molecule has 0 bridgehead atoms. The van der Waals surface area contributed by atoms with Crippen molar-refractivity contribution >= 4 is 5.91 Å². The van der Waals surface area contributed by atoms with Crippen molar-refractivity contribution in [2.45, 2.75) is 25.8 Å². The summed E-state index contributed by atoms with van der Waals surface area (Å²) in [5, 5.41) is 10.4. The van der Waals surface area contributed by atoms with E-state index in [9.17, 15) is 4.79 Å². The molecule has 17 heavy (non-hydrogen) atoms. The summed E-state index contributed by atoms with van der Waals surface area (Å²) in [7, 11) is 0. The zero-order chi connectivity index (χ0) is 12.1. The van der Waals surface area contributed by atoms with Crippen molar-refractivity contribution in [3.8, 4) is 0 Å². The van der Waals surface area contributed by atoms with Gasteiger partial charge in [0.2, 0.25) is 5.91 Å². The summed E-state index contributed by atoms with van der Waals surface area (Å²) >= 11 is 0. The molecule has 0 spiro atoms. The van der Waals surface area contributed by atoms with Crippen LogP contribution in [0.2, 0.25) is 0 Å². The molecule has 1 aromatic rings. The van der Waals surface area contributed by atoms with E-state index in [0.29, 0.717) is 5.92 Å². The predicted octanol–water partition coefficient (Wildman–Crippen LogP) is 0.560. The Labute approximate surface area is 102 Å². The summed E-state index contributed by atoms with van der Waals surface area (Å²) < 4.78 is 1.68. The molecule has 1 amide bonds. The highest BCUT2D eigenvalue weighted by molar-refractivity contribution is 5.79. The van der Waals surface area contributed by atoms with Crippen molar-refractivity contribution in [1.82, 2.24) is 20.4 Å². The molecule has 1 saturated heterocycles. The third-order valence-electron chi connectivity index (χ3n) is 3.32. The van der Waals surface area contributed by atoms with Crippen LogP contribution in [-0.4, -0.2) is 35.3 Å². The highest BCUT2D eigenvalue weighted by Crippen LogP contribution is 2.10. The Bertz CT molecular complexity index is 343. The second kappa shape index (κ2) is 5.82. The summed E-state index contributed by atoms with van der Waals surface area (Å²) in [6, 6.07) is 1.60. The van der Waals surface area contributed by atoms with Gasteiger partial charge in [0.25, 0.3) is 0 Å². The fourth-order valence-electron chi connectivity index (χ4n) is 2.11. The third kappa shape index (κ3) is 3.30. The summed E-state index contributed by atoms with van der Waals surface area (Å²) in [5.74, 6) is 0.664. The van der Waals surface area contributed by atoms with E-state index >= 15 is 0 Å². The minimum Gasteiger partial charge on any atom is -0.354 e. The summed E-state index contributed by atoms with van der Waals surface area (Å²) in [6.07, 6.45) is 5.80. The molecule has 2 N–H and O–H groups in total. The lowest BCUT2D eigenvalue weighted by molar-refractivity contribution is -0.124. The molecule has 1 fully saturated rings. The zero-order valence-corrected chi connectivity index (χ0v) is 10.2. The van der Waals surface area contributed by atoms with Gasteiger partial charge in [0, 0.05) is 18.9 Å². The second-order valence-corrected chi connectivity index (χ2v) is 4.60. The molecule has 94 valence electrons. The fourth-order valence-corrected chi connectivity index (χ4v) is 2.11. The molecule has 5 heteroatoms. The molecular weight excluding hydrogens is 216 g/mol. The van der Waals surface area contributed by atoms with Crippen molar-refractivity contribution in [2.75, 3.05) is 19.6 Å². The van der Waals surface area contributed by atoms with Gasteiger partial charge in [0.05, 0.1) is 0 Å². The predicted molar refractivity (Wildman–Crippen MR) is 65.5 cm³/mol. The number of piperidine rings is 1. The number of amides is 1. The van der Waals surface area contributed by atoms with E-state index in [-0.39, 0.29) is 11.9 Å². The minimum absolute atomic E-state index is 0.0484. The summed E-state index contributed by atoms with van der Waals surface area (Å²) in [6.45, 7) is 4.78. The lowest BCUT2D eigenvalue weighted by Gasteiger charge is -2.23. The van der Waals surface area contributed by atoms with Gasteiger partial charge >= 0.3 is 0 Å². The van der Waals surface area contributed by atoms with Crippen molar-refractivity contribution < 1.29 is 4.79 Å². The Morgan fingerprint density at radius 3 is 3.00 bits per heavy atom. The standard InChI is InChI=1S/C12H20N4O/c1-10(16-8-2-5-15-16)12(17)14-9-11-3-6-13-7-4-11/h2,5,8,10-11,13H,3-4,6-7,9H2,1H3,(H,14,17). The van der Waals surface area contributed by atoms with Gasteiger partial charge in [-0.25, -0.2) is 0 Å². The second-order valence-electron chi connectivity index (χ2n) is 4.60. The van der Waals surface area contributed by atoms with Gasteiger partial charge in [-0.2, -0.15) is 5.10 Å². The van der Waals surface area contributed by atoms with Gasteiger partial charge in [-0.05, 0) is 44.8 Å². The molecule has 2 heterocycles. The first-order valence-corrected chi connectivity index (χ1v) is 6.25. The van der Waals surface area contributed by atoms with E-state index in [1.165, 1.54) is 0 Å². The van der Waals surface area contributed by atoms with Crippen LogP contribution < -0.4 is 10.6 Å². The van der Waals surface area contributed by atoms with Crippen molar-refractivity contribution in [1.29, 1.82) is 0 Å². The van der Waals surface area contributed by atoms with E-state index in [1.54, 1.807) is 10.9 Å². The topological polar surface area (TPSA) is 59.0 Å². The maximum atomic E-state index is 11.9. The quantitative estimate of drug-likeness (QED) is 0.803. The SMILES string of the molecule is CC(C(=O)NCC1CCNCC1)n1cccn1. The van der Waals surface area contributed by atoms with Crippen molar-refractivity contribution in [3.63, 3.8) is 0 Å². The van der Waals surface area contributed by atoms with E-state index in [0.717, 1.165) is 32.5 Å². The van der Waals surface area contributed by atoms with Gasteiger partial charge in [0.15, 0.2) is 0 Å². The number of carbonyl (C=O) groups excluding carboxylic acids is 1. The van der Waals surface area contributed by atoms with Crippen LogP contribution in [0.1, 0.15) is 25.8 Å². The fraction of sp³-hybridized carbons (Fsp3) is 0.667. The molecular formula is C12H20N4O. The lowest BCUT2D eigenvalue weighted by Crippen LogP contribution is -2.38. The first-order valence-electron chi connectivity index (χ1n) is 6.25. The van der Waals surface area contributed by atoms with Gasteiger partial charge in [-0.15, -0.1) is 0 Å². The molecule has 0 aliphatic carbocycles. The molecule has 1 atom stereocenters. The van der Waals surface area contributed by atoms with Crippen LogP contribution in [0.15, 0.2) is 18.5 Å². The molecule has 0 saturated carbocycles. The Hall–Kier alpha value is -1.36. The first-order chi connectivity index (χ1) is 8.27. The monoisotopic (exact) mass is 236 g/mol. The average molecular weight is 236 g/mol. The Balaban J connectivity index is 1.76. The lowest BCUT2D eigenvalue weighted by atomic mass is 9.98. The normalized spacial score (nSPS) is 18.9. The molecule has 1 aromatic heterocycles. The smallest absolute Gasteiger partial charge is 0.244 e. The van der Waals surface area contributed by atoms with Gasteiger partial charge in [0.1, 0.15) is 6.04 Å². The van der Waals surface area contributed by atoms with Crippen LogP contribution in [-0.2, 0) is 4.79 Å². The van der Waals surface area contributed by atoms with Crippen LogP contribution in [0.5, 0.6) is 0 Å². The van der Waals surface area contributed by atoms with Crippen LogP contribution in [0.3, 0.4) is 0 Å². The Morgan fingerprint density at radius 1 is 1.59 bits per heavy atom. The third-order valence-corrected chi connectivity index (χ3v) is 3.32. The van der Waals surface area contributed by atoms with E-state index < -0.39 is 0 Å². The maximum absolute atomic E-state index is 11.9. The molecule has 2 rings (SSSR count). The number of nitrogens with zero attached hydrogens (tertiary/aromatic N) is 2. The van der Waals surface area contributed by atoms with Crippen LogP contribution in [0, 0.1) is 5.92 Å². The summed E-state index contributed by atoms with van der Waals surface area (Å²) in [4.78, 5) is 11.9. The van der Waals surface area contributed by atoms with Crippen molar-refractivity contribution in [3.05, 3.63) is 18.5 Å². The molecule has 5 nitrogen and oxygen atoms in total. The number of rotatable bonds is 4.